The van der Waals surface area contributed by atoms with E-state index in [4.69, 9.17) is 0 Å². The quantitative estimate of drug-likeness (QED) is 0.506. The molecular formula is H3AgAlClPt. The zero-order chi connectivity index (χ0) is 2.00. The van der Waals surface area contributed by atoms with Crippen LogP contribution >= 0.6 is 9.19 Å². The smallest absolute Gasteiger partial charge is 0 e. The van der Waals surface area contributed by atoms with Crippen LogP contribution in [0.15, 0.2) is 0 Å². The minimum Gasteiger partial charge on any atom is 0 e. The summed E-state index contributed by atoms with van der Waals surface area (Å²) in [4.78, 5) is 0. The normalized spacial score (nSPS) is 1.75. The van der Waals surface area contributed by atoms with Gasteiger partial charge < -0.3 is 0 Å². The van der Waals surface area contributed by atoms with Gasteiger partial charge in [0.25, 0.3) is 0 Å². The summed E-state index contributed by atoms with van der Waals surface area (Å²) in [6.45, 7) is 0. The average molecular weight is 368 g/mol. The van der Waals surface area contributed by atoms with Gasteiger partial charge in [-0.2, -0.15) is 0 Å². The van der Waals surface area contributed by atoms with Crippen molar-refractivity contribution in [2.24, 2.45) is 0 Å². The second-order valence-electron chi connectivity index (χ2n) is 0. The molecule has 0 bridgehead atoms. The van der Waals surface area contributed by atoms with Crippen molar-refractivity contribution in [2.75, 3.05) is 0 Å². The fourth-order valence-corrected chi connectivity index (χ4v) is 0. The molecule has 4 heteroatoms. The van der Waals surface area contributed by atoms with E-state index in [1.807, 2.05) is 0 Å². The Bertz CT molecular complexity index is 8.00. The van der Waals surface area contributed by atoms with Gasteiger partial charge >= 0.3 is 29.2 Å². The van der Waals surface area contributed by atoms with Crippen molar-refractivity contribution in [3.05, 3.63) is 0 Å². The summed E-state index contributed by atoms with van der Waals surface area (Å²) in [6, 6.07) is 0. The predicted molar refractivity (Wildman–Crippen MR) is 15.8 cm³/mol. The molecule has 0 unspecified atom stereocenters. The van der Waals surface area contributed by atoms with Crippen LogP contribution in [-0.4, -0.2) is 17.4 Å². The van der Waals surface area contributed by atoms with E-state index < -0.39 is 0 Å². The van der Waals surface area contributed by atoms with Crippen molar-refractivity contribution in [3.8, 4) is 0 Å². The molecule has 0 aromatic heterocycles. The van der Waals surface area contributed by atoms with Crippen LogP contribution in [0.5, 0.6) is 0 Å². The largest absolute Gasteiger partial charge is 0 e. The molecule has 0 N–H and O–H groups in total. The Morgan fingerprint density at radius 1 is 1.25 bits per heavy atom. The van der Waals surface area contributed by atoms with E-state index in [-0.39, 0.29) is 38.4 Å². The number of halogens is 1. The Morgan fingerprint density at radius 2 is 1.25 bits per heavy atom. The average Bonchev–Trinajstić information content (AvgIpc) is 1.00. The van der Waals surface area contributed by atoms with Crippen molar-refractivity contribution in [1.29, 1.82) is 0 Å². The van der Waals surface area contributed by atoms with Crippen LogP contribution in [0.25, 0.3) is 0 Å². The summed E-state index contributed by atoms with van der Waals surface area (Å²) >= 11 is 2.42. The van der Waals surface area contributed by atoms with Gasteiger partial charge in [-0.1, -0.05) is 0 Å². The maximum Gasteiger partial charge on any atom is 0 e. The van der Waals surface area contributed by atoms with E-state index >= 15 is 0 Å². The fourth-order valence-electron chi connectivity index (χ4n) is 0. The number of hydrogen-bond donors (Lipinski definition) is 0. The molecule has 0 amide bonds. The third-order valence-electron chi connectivity index (χ3n) is 0. The topological polar surface area (TPSA) is 0 Å². The van der Waals surface area contributed by atoms with Crippen molar-refractivity contribution in [1.82, 2.24) is 0 Å². The summed E-state index contributed by atoms with van der Waals surface area (Å²) in [7, 11) is 4.45. The second-order valence-corrected chi connectivity index (χ2v) is 0. The van der Waals surface area contributed by atoms with Crippen molar-refractivity contribution >= 4 is 26.6 Å². The molecule has 0 fully saturated rings. The van der Waals surface area contributed by atoms with E-state index in [9.17, 15) is 0 Å². The van der Waals surface area contributed by atoms with E-state index in [0.717, 1.165) is 0 Å². The predicted octanol–water partition coefficient (Wildman–Crippen LogP) is -0.499. The van der Waals surface area contributed by atoms with Crippen LogP contribution in [0.2, 0.25) is 0 Å². The van der Waals surface area contributed by atoms with Crippen LogP contribution in [0.3, 0.4) is 0 Å². The Hall–Kier alpha value is 2.25. The third kappa shape index (κ3) is 8.87. The maximum absolute atomic E-state index is 4.45. The van der Waals surface area contributed by atoms with Gasteiger partial charge in [-0.25, -0.2) is 0 Å². The van der Waals surface area contributed by atoms with E-state index in [2.05, 4.69) is 29.2 Å². The van der Waals surface area contributed by atoms with Crippen LogP contribution in [0, 0.1) is 0 Å². The van der Waals surface area contributed by atoms with E-state index in [1.54, 1.807) is 0 Å². The second kappa shape index (κ2) is 18.7. The van der Waals surface area contributed by atoms with Gasteiger partial charge in [0.2, 0.25) is 0 Å². The first kappa shape index (κ1) is 16.3. The van der Waals surface area contributed by atoms with Gasteiger partial charge in [0, 0.05) is 21.1 Å². The van der Waals surface area contributed by atoms with Gasteiger partial charge in [-0.3, -0.25) is 0 Å². The third-order valence-corrected chi connectivity index (χ3v) is 0. The van der Waals surface area contributed by atoms with E-state index in [0.29, 0.717) is 0 Å². The van der Waals surface area contributed by atoms with Crippen LogP contribution in [0.4, 0.5) is 0 Å². The zero-order valence-electron chi connectivity index (χ0n) is 0.996. The molecule has 0 radical (unpaired) electrons. The Balaban J connectivity index is -0.00000000500. The van der Waals surface area contributed by atoms with Crippen LogP contribution in [0.1, 0.15) is 0 Å². The molecule has 0 saturated carbocycles. The van der Waals surface area contributed by atoms with Crippen LogP contribution < -0.4 is 0 Å². The van der Waals surface area contributed by atoms with Gasteiger partial charge in [-0.15, -0.1) is 0 Å². The molecule has 0 atom stereocenters. The summed E-state index contributed by atoms with van der Waals surface area (Å²) in [5.41, 5.74) is 0. The number of hydrogen-bond acceptors (Lipinski definition) is 0. The first-order chi connectivity index (χ1) is 1.00. The van der Waals surface area contributed by atoms with Gasteiger partial charge in [0.05, 0.1) is 0 Å². The van der Waals surface area contributed by atoms with Gasteiger partial charge in [0.1, 0.15) is 0 Å². The Labute approximate surface area is 66.8 Å². The molecular weight excluding hydrogens is 365 g/mol. The summed E-state index contributed by atoms with van der Waals surface area (Å²) in [5.74, 6) is 0. The first-order valence-electron chi connectivity index (χ1n) is 0.114. The minimum atomic E-state index is 0. The molecule has 0 rings (SSSR count). The molecule has 34 valence electrons. The van der Waals surface area contributed by atoms with Crippen LogP contribution in [-0.2, 0) is 41.1 Å². The van der Waals surface area contributed by atoms with Crippen molar-refractivity contribution < 1.29 is 41.1 Å². The van der Waals surface area contributed by atoms with E-state index in [1.165, 1.54) is 0 Å². The SMILES string of the molecule is [AlH3].[Cl][Ag].[Pt]. The molecule has 4 heavy (non-hydrogen) atoms. The Morgan fingerprint density at radius 3 is 1.25 bits per heavy atom. The molecule has 0 aromatic carbocycles. The number of rotatable bonds is 0. The summed E-state index contributed by atoms with van der Waals surface area (Å²) in [6.07, 6.45) is 0. The standard InChI is InChI=1S/Ag.Al.ClH.Pt.3H/h;;1H;;;;/q+1;;;;;;/p-1. The van der Waals surface area contributed by atoms with Crippen molar-refractivity contribution in [2.45, 2.75) is 0 Å². The van der Waals surface area contributed by atoms with Crippen molar-refractivity contribution in [3.63, 3.8) is 0 Å². The van der Waals surface area contributed by atoms with Gasteiger partial charge in [0.15, 0.2) is 17.4 Å². The summed E-state index contributed by atoms with van der Waals surface area (Å²) < 4.78 is 0. The summed E-state index contributed by atoms with van der Waals surface area (Å²) in [5, 5.41) is 0. The molecule has 0 aliphatic heterocycles. The molecule has 0 nitrogen and oxygen atoms in total. The minimum absolute atomic E-state index is 0. The monoisotopic (exact) mass is 367 g/mol. The molecule has 0 aromatic rings. The maximum atomic E-state index is 4.45. The fraction of sp³-hybridized carbons (Fsp3) is 0. The Kier molecular flexibility index (Phi) is 76.3. The molecule has 0 heterocycles. The molecule has 0 aliphatic rings. The molecule has 0 spiro atoms. The molecule has 0 aliphatic carbocycles. The zero-order valence-corrected chi connectivity index (χ0v) is 5.51. The van der Waals surface area contributed by atoms with Gasteiger partial charge in [-0.05, 0) is 0 Å². The molecule has 0 saturated heterocycles. The first-order valence-corrected chi connectivity index (χ1v) is 2.02.